The largest absolute Gasteiger partial charge is 0.396 e. The number of benzene rings is 2. The number of rotatable bonds is 6. The van der Waals surface area contributed by atoms with Crippen molar-refractivity contribution in [2.75, 3.05) is 13.2 Å². The highest BCUT2D eigenvalue weighted by Crippen LogP contribution is 2.18. The van der Waals surface area contributed by atoms with Gasteiger partial charge in [0.05, 0.1) is 0 Å². The lowest BCUT2D eigenvalue weighted by Gasteiger charge is -2.17. The van der Waals surface area contributed by atoms with Gasteiger partial charge >= 0.3 is 0 Å². The van der Waals surface area contributed by atoms with Crippen LogP contribution in [0.25, 0.3) is 0 Å². The summed E-state index contributed by atoms with van der Waals surface area (Å²) in [7, 11) is 0. The van der Waals surface area contributed by atoms with Gasteiger partial charge in [-0.25, -0.2) is 4.39 Å². The molecule has 2 N–H and O–H groups in total. The summed E-state index contributed by atoms with van der Waals surface area (Å²) in [5.41, 5.74) is 1.96. The lowest BCUT2D eigenvalue weighted by molar-refractivity contribution is 0.0949. The fraction of sp³-hybridized carbons (Fsp3) is 0.278. The second kappa shape index (κ2) is 7.71. The minimum Gasteiger partial charge on any atom is -0.396 e. The third kappa shape index (κ3) is 4.15. The summed E-state index contributed by atoms with van der Waals surface area (Å²) >= 11 is 0. The molecule has 1 unspecified atom stereocenters. The van der Waals surface area contributed by atoms with Crippen LogP contribution in [0.3, 0.4) is 0 Å². The van der Waals surface area contributed by atoms with E-state index in [0.29, 0.717) is 24.1 Å². The third-order valence-corrected chi connectivity index (χ3v) is 3.68. The first-order valence-electron chi connectivity index (χ1n) is 7.32. The van der Waals surface area contributed by atoms with Crippen molar-refractivity contribution in [3.8, 4) is 0 Å². The van der Waals surface area contributed by atoms with Crippen LogP contribution in [0.15, 0.2) is 48.5 Å². The molecule has 0 aliphatic heterocycles. The van der Waals surface area contributed by atoms with Gasteiger partial charge in [0.1, 0.15) is 5.82 Å². The summed E-state index contributed by atoms with van der Waals surface area (Å²) in [6.07, 6.45) is 0.576. The topological polar surface area (TPSA) is 49.3 Å². The number of nitrogens with one attached hydrogen (secondary N) is 1. The van der Waals surface area contributed by atoms with Gasteiger partial charge in [-0.05, 0) is 42.7 Å². The molecular weight excluding hydrogens is 281 g/mol. The maximum atomic E-state index is 13.2. The summed E-state index contributed by atoms with van der Waals surface area (Å²) in [5, 5.41) is 12.0. The number of hydrogen-bond acceptors (Lipinski definition) is 2. The summed E-state index contributed by atoms with van der Waals surface area (Å²) in [4.78, 5) is 12.2. The number of aliphatic hydroxyl groups is 1. The predicted octanol–water partition coefficient (Wildman–Crippen LogP) is 3.03. The molecule has 0 spiro atoms. The molecule has 0 aliphatic carbocycles. The van der Waals surface area contributed by atoms with Crippen molar-refractivity contribution in [2.45, 2.75) is 19.3 Å². The number of hydrogen-bond donors (Lipinski definition) is 2. The molecule has 1 amide bonds. The molecule has 0 saturated heterocycles. The van der Waals surface area contributed by atoms with E-state index in [1.54, 1.807) is 6.92 Å². The average molecular weight is 301 g/mol. The van der Waals surface area contributed by atoms with Gasteiger partial charge < -0.3 is 10.4 Å². The quantitative estimate of drug-likeness (QED) is 0.861. The van der Waals surface area contributed by atoms with Crippen molar-refractivity contribution >= 4 is 5.91 Å². The van der Waals surface area contributed by atoms with Crippen LogP contribution in [0, 0.1) is 12.7 Å². The van der Waals surface area contributed by atoms with Crippen molar-refractivity contribution in [1.29, 1.82) is 0 Å². The van der Waals surface area contributed by atoms with Crippen LogP contribution in [0.2, 0.25) is 0 Å². The Hall–Kier alpha value is -2.20. The van der Waals surface area contributed by atoms with Gasteiger partial charge in [-0.2, -0.15) is 0 Å². The Morgan fingerprint density at radius 1 is 1.23 bits per heavy atom. The van der Waals surface area contributed by atoms with Crippen LogP contribution in [-0.4, -0.2) is 24.2 Å². The standard InChI is InChI=1S/C18H20FNO2/c1-13-11-15(7-8-17(13)19)18(22)20-12-16(9-10-21)14-5-3-2-4-6-14/h2-8,11,16,21H,9-10,12H2,1H3,(H,20,22). The van der Waals surface area contributed by atoms with E-state index in [9.17, 15) is 14.3 Å². The average Bonchev–Trinajstić information content (AvgIpc) is 2.54. The van der Waals surface area contributed by atoms with E-state index in [2.05, 4.69) is 5.32 Å². The number of aliphatic hydroxyl groups excluding tert-OH is 1. The third-order valence-electron chi connectivity index (χ3n) is 3.68. The van der Waals surface area contributed by atoms with E-state index in [-0.39, 0.29) is 24.2 Å². The molecule has 2 aromatic rings. The summed E-state index contributed by atoms with van der Waals surface area (Å²) in [6.45, 7) is 2.12. The zero-order valence-electron chi connectivity index (χ0n) is 12.6. The van der Waals surface area contributed by atoms with Crippen molar-refractivity contribution in [1.82, 2.24) is 5.32 Å². The minimum absolute atomic E-state index is 0.0525. The van der Waals surface area contributed by atoms with Crippen LogP contribution in [0.1, 0.15) is 33.8 Å². The highest BCUT2D eigenvalue weighted by molar-refractivity contribution is 5.94. The number of carbonyl (C=O) groups excluding carboxylic acids is 1. The monoisotopic (exact) mass is 301 g/mol. The Labute approximate surface area is 129 Å². The molecule has 0 radical (unpaired) electrons. The number of carbonyl (C=O) groups is 1. The van der Waals surface area contributed by atoms with Crippen molar-refractivity contribution in [3.05, 3.63) is 71.0 Å². The molecule has 0 saturated carbocycles. The van der Waals surface area contributed by atoms with Gasteiger partial charge in [-0.1, -0.05) is 30.3 Å². The first kappa shape index (κ1) is 16.2. The van der Waals surface area contributed by atoms with E-state index in [1.165, 1.54) is 18.2 Å². The zero-order chi connectivity index (χ0) is 15.9. The number of amides is 1. The molecule has 2 rings (SSSR count). The van der Waals surface area contributed by atoms with E-state index >= 15 is 0 Å². The molecule has 4 heteroatoms. The van der Waals surface area contributed by atoms with Gasteiger partial charge in [0.15, 0.2) is 0 Å². The molecule has 1 atom stereocenters. The van der Waals surface area contributed by atoms with Crippen LogP contribution < -0.4 is 5.32 Å². The molecule has 0 aliphatic rings. The lowest BCUT2D eigenvalue weighted by atomic mass is 9.96. The van der Waals surface area contributed by atoms with Crippen molar-refractivity contribution in [3.63, 3.8) is 0 Å². The minimum atomic E-state index is -0.320. The molecule has 3 nitrogen and oxygen atoms in total. The van der Waals surface area contributed by atoms with Gasteiger partial charge in [0.25, 0.3) is 5.91 Å². The molecule has 0 fully saturated rings. The molecule has 116 valence electrons. The van der Waals surface area contributed by atoms with E-state index in [1.807, 2.05) is 30.3 Å². The fourth-order valence-corrected chi connectivity index (χ4v) is 2.37. The van der Waals surface area contributed by atoms with Crippen LogP contribution >= 0.6 is 0 Å². The Balaban J connectivity index is 2.02. The van der Waals surface area contributed by atoms with Gasteiger partial charge in [0, 0.05) is 24.6 Å². The van der Waals surface area contributed by atoms with Crippen molar-refractivity contribution in [2.24, 2.45) is 0 Å². The van der Waals surface area contributed by atoms with Crippen LogP contribution in [0.5, 0.6) is 0 Å². The van der Waals surface area contributed by atoms with E-state index in [4.69, 9.17) is 0 Å². The molecule has 0 bridgehead atoms. The second-order valence-corrected chi connectivity index (χ2v) is 5.29. The smallest absolute Gasteiger partial charge is 0.251 e. The highest BCUT2D eigenvalue weighted by atomic mass is 19.1. The Bertz CT molecular complexity index is 628. The second-order valence-electron chi connectivity index (χ2n) is 5.29. The SMILES string of the molecule is Cc1cc(C(=O)NCC(CCO)c2ccccc2)ccc1F. The Morgan fingerprint density at radius 2 is 1.95 bits per heavy atom. The van der Waals surface area contributed by atoms with E-state index in [0.717, 1.165) is 5.56 Å². The highest BCUT2D eigenvalue weighted by Gasteiger charge is 2.14. The molecule has 0 heterocycles. The normalized spacial score (nSPS) is 12.0. The summed E-state index contributed by atoms with van der Waals surface area (Å²) in [5.74, 6) is -0.502. The van der Waals surface area contributed by atoms with Crippen LogP contribution in [-0.2, 0) is 0 Å². The fourth-order valence-electron chi connectivity index (χ4n) is 2.37. The predicted molar refractivity (Wildman–Crippen MR) is 84.4 cm³/mol. The number of halogens is 1. The van der Waals surface area contributed by atoms with Crippen molar-refractivity contribution < 1.29 is 14.3 Å². The van der Waals surface area contributed by atoms with E-state index < -0.39 is 0 Å². The Kier molecular flexibility index (Phi) is 5.67. The summed E-state index contributed by atoms with van der Waals surface area (Å²) < 4.78 is 13.2. The van der Waals surface area contributed by atoms with Gasteiger partial charge in [-0.3, -0.25) is 4.79 Å². The first-order chi connectivity index (χ1) is 10.6. The number of aryl methyl sites for hydroxylation is 1. The molecular formula is C18H20FNO2. The molecule has 0 aromatic heterocycles. The summed E-state index contributed by atoms with van der Waals surface area (Å²) in [6, 6.07) is 14.1. The molecule has 2 aromatic carbocycles. The zero-order valence-corrected chi connectivity index (χ0v) is 12.6. The maximum absolute atomic E-state index is 13.2. The van der Waals surface area contributed by atoms with Gasteiger partial charge in [0.2, 0.25) is 0 Å². The lowest BCUT2D eigenvalue weighted by Crippen LogP contribution is -2.29. The Morgan fingerprint density at radius 3 is 2.59 bits per heavy atom. The first-order valence-corrected chi connectivity index (χ1v) is 7.32. The van der Waals surface area contributed by atoms with Crippen LogP contribution in [0.4, 0.5) is 4.39 Å². The molecule has 22 heavy (non-hydrogen) atoms. The van der Waals surface area contributed by atoms with Gasteiger partial charge in [-0.15, -0.1) is 0 Å². The maximum Gasteiger partial charge on any atom is 0.251 e.